The first-order chi connectivity index (χ1) is 8.54. The molecule has 4 nitrogen and oxygen atoms in total. The second-order valence-corrected chi connectivity index (χ2v) is 5.27. The molecule has 0 bridgehead atoms. The maximum absolute atomic E-state index is 12.0. The van der Waals surface area contributed by atoms with Crippen molar-refractivity contribution in [3.05, 3.63) is 34.9 Å². The van der Waals surface area contributed by atoms with Crippen LogP contribution >= 0.6 is 11.6 Å². The number of hydrogen-bond acceptors (Lipinski definition) is 3. The second kappa shape index (κ2) is 5.69. The first-order valence-electron chi connectivity index (χ1n) is 6.01. The van der Waals surface area contributed by atoms with Gasteiger partial charge in [-0.15, -0.1) is 0 Å². The predicted octanol–water partition coefficient (Wildman–Crippen LogP) is 0.941. The summed E-state index contributed by atoms with van der Waals surface area (Å²) in [5, 5.41) is 0.696. The van der Waals surface area contributed by atoms with Crippen molar-refractivity contribution in [1.82, 2.24) is 9.80 Å². The fourth-order valence-corrected chi connectivity index (χ4v) is 2.26. The van der Waals surface area contributed by atoms with Gasteiger partial charge in [0.05, 0.1) is 6.54 Å². The van der Waals surface area contributed by atoms with Crippen LogP contribution < -0.4 is 5.73 Å². The Labute approximate surface area is 112 Å². The van der Waals surface area contributed by atoms with Crippen molar-refractivity contribution in [2.24, 2.45) is 5.73 Å². The quantitative estimate of drug-likeness (QED) is 0.883. The minimum absolute atomic E-state index is 0.113. The number of nitrogens with two attached hydrogens (primary N) is 1. The van der Waals surface area contributed by atoms with E-state index in [1.807, 2.05) is 31.3 Å². The van der Waals surface area contributed by atoms with Gasteiger partial charge < -0.3 is 10.6 Å². The number of carbonyl (C=O) groups is 1. The molecule has 2 N–H and O–H groups in total. The molecule has 0 radical (unpaired) electrons. The van der Waals surface area contributed by atoms with Gasteiger partial charge in [0.15, 0.2) is 0 Å². The number of likely N-dealkylation sites (tertiary alicyclic amines) is 1. The van der Waals surface area contributed by atoms with Crippen LogP contribution in [0, 0.1) is 0 Å². The summed E-state index contributed by atoms with van der Waals surface area (Å²) in [6.07, 6.45) is 0. The Morgan fingerprint density at radius 2 is 2.28 bits per heavy atom. The molecule has 1 heterocycles. The number of amides is 1. The molecule has 2 rings (SSSR count). The maximum Gasteiger partial charge on any atom is 0.236 e. The highest BCUT2D eigenvalue weighted by Crippen LogP contribution is 2.12. The van der Waals surface area contributed by atoms with Crippen LogP contribution in [0.2, 0.25) is 5.02 Å². The Bertz CT molecular complexity index is 432. The highest BCUT2D eigenvalue weighted by atomic mass is 35.5. The monoisotopic (exact) mass is 267 g/mol. The van der Waals surface area contributed by atoms with Crippen LogP contribution in [0.4, 0.5) is 0 Å². The Balaban J connectivity index is 1.83. The van der Waals surface area contributed by atoms with E-state index < -0.39 is 0 Å². The molecule has 1 aromatic carbocycles. The summed E-state index contributed by atoms with van der Waals surface area (Å²) in [5.41, 5.74) is 6.72. The summed E-state index contributed by atoms with van der Waals surface area (Å²) in [6, 6.07) is 7.80. The van der Waals surface area contributed by atoms with Crippen molar-refractivity contribution in [3.63, 3.8) is 0 Å². The molecule has 0 unspecified atom stereocenters. The first-order valence-corrected chi connectivity index (χ1v) is 6.39. The Morgan fingerprint density at radius 1 is 1.56 bits per heavy atom. The van der Waals surface area contributed by atoms with Gasteiger partial charge in [0.25, 0.3) is 0 Å². The predicted molar refractivity (Wildman–Crippen MR) is 72.3 cm³/mol. The van der Waals surface area contributed by atoms with Gasteiger partial charge in [-0.3, -0.25) is 9.69 Å². The number of likely N-dealkylation sites (N-methyl/N-ethyl adjacent to an activating group) is 1. The summed E-state index contributed by atoms with van der Waals surface area (Å²) in [6.45, 7) is 2.66. The van der Waals surface area contributed by atoms with E-state index in [1.54, 1.807) is 4.90 Å². The van der Waals surface area contributed by atoms with Crippen LogP contribution in [-0.4, -0.2) is 48.4 Å². The standard InChI is InChI=1S/C13H18ClN3O/c1-16(6-10-3-2-4-11(14)5-10)13(18)9-17-7-12(15)8-17/h2-5,12H,6-9,15H2,1H3. The molecule has 1 fully saturated rings. The van der Waals surface area contributed by atoms with Gasteiger partial charge in [-0.25, -0.2) is 0 Å². The number of nitrogens with zero attached hydrogens (tertiary/aromatic N) is 2. The van der Waals surface area contributed by atoms with Crippen LogP contribution in [0.15, 0.2) is 24.3 Å². The minimum Gasteiger partial charge on any atom is -0.340 e. The number of benzene rings is 1. The minimum atomic E-state index is 0.113. The zero-order chi connectivity index (χ0) is 13.1. The first kappa shape index (κ1) is 13.3. The highest BCUT2D eigenvalue weighted by molar-refractivity contribution is 6.30. The third kappa shape index (κ3) is 3.45. The number of rotatable bonds is 4. The van der Waals surface area contributed by atoms with Crippen LogP contribution in [0.25, 0.3) is 0 Å². The number of halogens is 1. The SMILES string of the molecule is CN(Cc1cccc(Cl)c1)C(=O)CN1CC(N)C1. The van der Waals surface area contributed by atoms with Crippen molar-refractivity contribution in [2.75, 3.05) is 26.7 Å². The molecule has 18 heavy (non-hydrogen) atoms. The van der Waals surface area contributed by atoms with Gasteiger partial charge in [-0.05, 0) is 17.7 Å². The van der Waals surface area contributed by atoms with E-state index in [0.29, 0.717) is 18.1 Å². The third-order valence-electron chi connectivity index (χ3n) is 3.08. The fraction of sp³-hybridized carbons (Fsp3) is 0.462. The van der Waals surface area contributed by atoms with Crippen LogP contribution in [0.1, 0.15) is 5.56 Å². The molecule has 0 saturated carbocycles. The Hall–Kier alpha value is -1.10. The van der Waals surface area contributed by atoms with Crippen molar-refractivity contribution >= 4 is 17.5 Å². The van der Waals surface area contributed by atoms with E-state index in [0.717, 1.165) is 18.7 Å². The van der Waals surface area contributed by atoms with E-state index in [4.69, 9.17) is 17.3 Å². The molecule has 5 heteroatoms. The fourth-order valence-electron chi connectivity index (χ4n) is 2.05. The topological polar surface area (TPSA) is 49.6 Å². The molecule has 0 spiro atoms. The zero-order valence-electron chi connectivity index (χ0n) is 10.5. The molecule has 1 amide bonds. The van der Waals surface area contributed by atoms with Crippen molar-refractivity contribution in [1.29, 1.82) is 0 Å². The van der Waals surface area contributed by atoms with Gasteiger partial charge in [0.1, 0.15) is 0 Å². The lowest BCUT2D eigenvalue weighted by Gasteiger charge is -2.37. The summed E-state index contributed by atoms with van der Waals surface area (Å²) in [7, 11) is 1.81. The van der Waals surface area contributed by atoms with E-state index in [9.17, 15) is 4.79 Å². The van der Waals surface area contributed by atoms with Crippen molar-refractivity contribution in [3.8, 4) is 0 Å². The average molecular weight is 268 g/mol. The maximum atomic E-state index is 12.0. The number of hydrogen-bond donors (Lipinski definition) is 1. The van der Waals surface area contributed by atoms with Crippen LogP contribution in [0.3, 0.4) is 0 Å². The van der Waals surface area contributed by atoms with Crippen molar-refractivity contribution in [2.45, 2.75) is 12.6 Å². The lowest BCUT2D eigenvalue weighted by Crippen LogP contribution is -2.57. The van der Waals surface area contributed by atoms with Gasteiger partial charge in [0, 0.05) is 37.7 Å². The van der Waals surface area contributed by atoms with Crippen LogP contribution in [0.5, 0.6) is 0 Å². The van der Waals surface area contributed by atoms with Gasteiger partial charge in [-0.1, -0.05) is 23.7 Å². The van der Waals surface area contributed by atoms with Gasteiger partial charge in [0.2, 0.25) is 5.91 Å². The highest BCUT2D eigenvalue weighted by Gasteiger charge is 2.25. The molecule has 0 aromatic heterocycles. The Kier molecular flexibility index (Phi) is 4.22. The molecular weight excluding hydrogens is 250 g/mol. The van der Waals surface area contributed by atoms with E-state index in [2.05, 4.69) is 4.90 Å². The molecule has 1 aromatic rings. The third-order valence-corrected chi connectivity index (χ3v) is 3.31. The molecule has 1 saturated heterocycles. The molecule has 0 atom stereocenters. The summed E-state index contributed by atoms with van der Waals surface area (Å²) < 4.78 is 0. The molecular formula is C13H18ClN3O. The summed E-state index contributed by atoms with van der Waals surface area (Å²) >= 11 is 5.91. The van der Waals surface area contributed by atoms with Gasteiger partial charge >= 0.3 is 0 Å². The molecule has 1 aliphatic heterocycles. The lowest BCUT2D eigenvalue weighted by atomic mass is 10.1. The van der Waals surface area contributed by atoms with Crippen LogP contribution in [-0.2, 0) is 11.3 Å². The largest absolute Gasteiger partial charge is 0.340 e. The van der Waals surface area contributed by atoms with E-state index in [-0.39, 0.29) is 11.9 Å². The van der Waals surface area contributed by atoms with E-state index >= 15 is 0 Å². The Morgan fingerprint density at radius 3 is 2.89 bits per heavy atom. The van der Waals surface area contributed by atoms with Crippen molar-refractivity contribution < 1.29 is 4.79 Å². The molecule has 1 aliphatic rings. The zero-order valence-corrected chi connectivity index (χ0v) is 11.2. The number of carbonyl (C=O) groups excluding carboxylic acids is 1. The average Bonchev–Trinajstić information content (AvgIpc) is 2.26. The normalized spacial score (nSPS) is 16.4. The molecule has 98 valence electrons. The molecule has 0 aliphatic carbocycles. The van der Waals surface area contributed by atoms with E-state index in [1.165, 1.54) is 0 Å². The lowest BCUT2D eigenvalue weighted by molar-refractivity contribution is -0.132. The smallest absolute Gasteiger partial charge is 0.236 e. The summed E-state index contributed by atoms with van der Waals surface area (Å²) in [4.78, 5) is 15.7. The summed E-state index contributed by atoms with van der Waals surface area (Å²) in [5.74, 6) is 0.113. The second-order valence-electron chi connectivity index (χ2n) is 4.83. The van der Waals surface area contributed by atoms with Gasteiger partial charge in [-0.2, -0.15) is 0 Å².